The van der Waals surface area contributed by atoms with Crippen molar-refractivity contribution in [1.29, 1.82) is 0 Å². The lowest BCUT2D eigenvalue weighted by Gasteiger charge is -2.13. The van der Waals surface area contributed by atoms with Crippen molar-refractivity contribution in [1.82, 2.24) is 10.3 Å². The molecule has 0 saturated carbocycles. The highest BCUT2D eigenvalue weighted by molar-refractivity contribution is 7.18. The molecule has 10 heteroatoms. The van der Waals surface area contributed by atoms with Gasteiger partial charge in [-0.3, -0.25) is 4.79 Å². The Labute approximate surface area is 161 Å². The number of fused-ring (bicyclic) bond motifs is 1. The van der Waals surface area contributed by atoms with E-state index in [9.17, 15) is 18.7 Å². The minimum absolute atomic E-state index is 0.0821. The van der Waals surface area contributed by atoms with Crippen molar-refractivity contribution in [3.05, 3.63) is 57.6 Å². The number of aliphatic hydroxyl groups excluding tert-OH is 1. The molecule has 0 fully saturated rings. The summed E-state index contributed by atoms with van der Waals surface area (Å²) in [6, 6.07) is 7.19. The van der Waals surface area contributed by atoms with E-state index in [1.165, 1.54) is 11.3 Å². The van der Waals surface area contributed by atoms with Crippen molar-refractivity contribution >= 4 is 39.1 Å². The second-order valence-corrected chi connectivity index (χ2v) is 6.86. The molecule has 1 heterocycles. The van der Waals surface area contributed by atoms with Gasteiger partial charge >= 0.3 is 0 Å². The number of carbonyl (C=O) groups is 1. The third kappa shape index (κ3) is 4.33. The molecule has 0 spiro atoms. The number of halogens is 3. The van der Waals surface area contributed by atoms with Crippen LogP contribution in [-0.2, 0) is 11.3 Å². The lowest BCUT2D eigenvalue weighted by atomic mass is 10.1. The molecular weight excluding hydrogens is 402 g/mol. The zero-order valence-electron chi connectivity index (χ0n) is 13.8. The van der Waals surface area contributed by atoms with E-state index in [1.807, 2.05) is 5.32 Å². The van der Waals surface area contributed by atoms with Crippen LogP contribution in [0, 0.1) is 11.6 Å². The first-order chi connectivity index (χ1) is 12.9. The highest BCUT2D eigenvalue weighted by atomic mass is 35.5. The van der Waals surface area contributed by atoms with Crippen LogP contribution in [0.4, 0.5) is 8.78 Å². The molecule has 2 aromatic carbocycles. The molecule has 1 unspecified atom stereocenters. The van der Waals surface area contributed by atoms with Gasteiger partial charge in [0, 0.05) is 12.1 Å². The van der Waals surface area contributed by atoms with Gasteiger partial charge in [0.15, 0.2) is 11.6 Å². The summed E-state index contributed by atoms with van der Waals surface area (Å²) in [5.74, 6) is -3.81. The summed E-state index contributed by atoms with van der Waals surface area (Å²) in [4.78, 5) is 16.2. The van der Waals surface area contributed by atoms with Gasteiger partial charge in [-0.25, -0.2) is 13.8 Å². The normalized spacial score (nSPS) is 12.2. The van der Waals surface area contributed by atoms with Crippen molar-refractivity contribution in [2.24, 2.45) is 0 Å². The van der Waals surface area contributed by atoms with Crippen LogP contribution in [0.5, 0.6) is 5.75 Å². The number of hydrogen-bond acceptors (Lipinski definition) is 6. The maximum atomic E-state index is 14.5. The van der Waals surface area contributed by atoms with Crippen molar-refractivity contribution in [2.45, 2.75) is 13.0 Å². The SMILES string of the molecule is COC(O)NC(=O)c1c(F)ccc(OCc2nc3cc(Cl)ccc3s2)c1F. The number of thiazole rings is 1. The fourth-order valence-corrected chi connectivity index (χ4v) is 3.27. The van der Waals surface area contributed by atoms with E-state index >= 15 is 0 Å². The Hall–Kier alpha value is -2.33. The number of rotatable bonds is 6. The molecule has 0 bridgehead atoms. The maximum Gasteiger partial charge on any atom is 0.261 e. The standard InChI is InChI=1S/C17H13ClF2N2O4S/c1-25-17(24)22-16(23)14-9(19)3-4-11(15(14)20)26-7-13-21-10-6-8(18)2-5-12(10)27-13/h2-6,17,24H,7H2,1H3,(H,22,23). The third-order valence-corrected chi connectivity index (χ3v) is 4.75. The number of carbonyl (C=O) groups excluding carboxylic acids is 1. The number of benzene rings is 2. The van der Waals surface area contributed by atoms with Crippen LogP contribution < -0.4 is 10.1 Å². The second kappa shape index (κ2) is 8.13. The van der Waals surface area contributed by atoms with Gasteiger partial charge in [-0.15, -0.1) is 11.3 Å². The smallest absolute Gasteiger partial charge is 0.261 e. The summed E-state index contributed by atoms with van der Waals surface area (Å²) in [6.07, 6.45) is -1.70. The number of methoxy groups -OCH3 is 1. The molecule has 1 amide bonds. The van der Waals surface area contributed by atoms with Gasteiger partial charge in [0.1, 0.15) is 23.0 Å². The van der Waals surface area contributed by atoms with Crippen LogP contribution in [0.3, 0.4) is 0 Å². The highest BCUT2D eigenvalue weighted by Gasteiger charge is 2.23. The molecule has 3 aromatic rings. The van der Waals surface area contributed by atoms with Crippen LogP contribution in [0.25, 0.3) is 10.2 Å². The van der Waals surface area contributed by atoms with E-state index in [0.717, 1.165) is 23.9 Å². The van der Waals surface area contributed by atoms with Gasteiger partial charge in [-0.2, -0.15) is 0 Å². The second-order valence-electron chi connectivity index (χ2n) is 5.30. The van der Waals surface area contributed by atoms with Gasteiger partial charge in [0.2, 0.25) is 6.41 Å². The lowest BCUT2D eigenvalue weighted by molar-refractivity contribution is -0.0891. The summed E-state index contributed by atoms with van der Waals surface area (Å²) in [5.41, 5.74) is -0.209. The molecule has 27 heavy (non-hydrogen) atoms. The summed E-state index contributed by atoms with van der Waals surface area (Å²) >= 11 is 7.25. The van der Waals surface area contributed by atoms with Crippen molar-refractivity contribution in [2.75, 3.05) is 7.11 Å². The number of aliphatic hydroxyl groups is 1. The molecule has 0 aliphatic rings. The summed E-state index contributed by atoms with van der Waals surface area (Å²) in [6.45, 7) is -0.0821. The molecule has 2 N–H and O–H groups in total. The molecule has 0 aliphatic heterocycles. The number of nitrogens with one attached hydrogen (secondary N) is 1. The fraction of sp³-hybridized carbons (Fsp3) is 0.176. The number of nitrogens with zero attached hydrogens (tertiary/aromatic N) is 1. The molecule has 142 valence electrons. The van der Waals surface area contributed by atoms with E-state index < -0.39 is 29.5 Å². The Kier molecular flexibility index (Phi) is 5.85. The van der Waals surface area contributed by atoms with Crippen molar-refractivity contribution < 1.29 is 28.2 Å². The van der Waals surface area contributed by atoms with Crippen LogP contribution in [0.2, 0.25) is 5.02 Å². The van der Waals surface area contributed by atoms with Crippen LogP contribution >= 0.6 is 22.9 Å². The minimum Gasteiger partial charge on any atom is -0.483 e. The third-order valence-electron chi connectivity index (χ3n) is 3.51. The van der Waals surface area contributed by atoms with E-state index in [0.29, 0.717) is 15.5 Å². The topological polar surface area (TPSA) is 80.7 Å². The maximum absolute atomic E-state index is 14.5. The predicted octanol–water partition coefficient (Wildman–Crippen LogP) is 3.46. The average molecular weight is 415 g/mol. The average Bonchev–Trinajstić information content (AvgIpc) is 3.02. The van der Waals surface area contributed by atoms with E-state index in [2.05, 4.69) is 9.72 Å². The molecule has 1 aromatic heterocycles. The van der Waals surface area contributed by atoms with Gasteiger partial charge in [-0.05, 0) is 30.3 Å². The zero-order chi connectivity index (χ0) is 19.6. The number of aromatic nitrogens is 1. The molecule has 1 atom stereocenters. The molecule has 0 aliphatic carbocycles. The van der Waals surface area contributed by atoms with E-state index in [4.69, 9.17) is 16.3 Å². The Balaban J connectivity index is 1.80. The summed E-state index contributed by atoms with van der Waals surface area (Å²) < 4.78 is 39.1. The van der Waals surface area contributed by atoms with Gasteiger partial charge in [0.05, 0.1) is 10.2 Å². The van der Waals surface area contributed by atoms with Crippen LogP contribution in [-0.4, -0.2) is 29.5 Å². The van der Waals surface area contributed by atoms with Crippen molar-refractivity contribution in [3.8, 4) is 5.75 Å². The predicted molar refractivity (Wildman–Crippen MR) is 95.8 cm³/mol. The first-order valence-corrected chi connectivity index (χ1v) is 8.76. The first kappa shape index (κ1) is 19.4. The Morgan fingerprint density at radius 2 is 2.15 bits per heavy atom. The fourth-order valence-electron chi connectivity index (χ4n) is 2.25. The van der Waals surface area contributed by atoms with Gasteiger partial charge in [0.25, 0.3) is 5.91 Å². The number of hydrogen-bond donors (Lipinski definition) is 2. The largest absolute Gasteiger partial charge is 0.483 e. The zero-order valence-corrected chi connectivity index (χ0v) is 15.4. The van der Waals surface area contributed by atoms with Crippen LogP contribution in [0.15, 0.2) is 30.3 Å². The Morgan fingerprint density at radius 3 is 2.89 bits per heavy atom. The number of amides is 1. The number of ether oxygens (including phenoxy) is 2. The lowest BCUT2D eigenvalue weighted by Crippen LogP contribution is -2.36. The van der Waals surface area contributed by atoms with Gasteiger partial charge in [-0.1, -0.05) is 11.6 Å². The van der Waals surface area contributed by atoms with Gasteiger partial charge < -0.3 is 19.9 Å². The molecule has 3 rings (SSSR count). The summed E-state index contributed by atoms with van der Waals surface area (Å²) in [7, 11) is 1.11. The molecule has 0 radical (unpaired) electrons. The van der Waals surface area contributed by atoms with Crippen LogP contribution in [0.1, 0.15) is 15.4 Å². The Bertz CT molecular complexity index is 998. The monoisotopic (exact) mass is 414 g/mol. The van der Waals surface area contributed by atoms with Crippen molar-refractivity contribution in [3.63, 3.8) is 0 Å². The quantitative estimate of drug-likeness (QED) is 0.604. The Morgan fingerprint density at radius 1 is 1.37 bits per heavy atom. The molecule has 6 nitrogen and oxygen atoms in total. The summed E-state index contributed by atoms with van der Waals surface area (Å²) in [5, 5.41) is 12.2. The van der Waals surface area contributed by atoms with E-state index in [-0.39, 0.29) is 12.4 Å². The molecular formula is C17H13ClF2N2O4S. The first-order valence-electron chi connectivity index (χ1n) is 7.56. The van der Waals surface area contributed by atoms with E-state index in [1.54, 1.807) is 18.2 Å². The minimum atomic E-state index is -1.70. The molecule has 0 saturated heterocycles. The highest BCUT2D eigenvalue weighted by Crippen LogP contribution is 2.28.